The van der Waals surface area contributed by atoms with Crippen LogP contribution in [0.25, 0.3) is 22.3 Å². The summed E-state index contributed by atoms with van der Waals surface area (Å²) >= 11 is 9.78. The summed E-state index contributed by atoms with van der Waals surface area (Å²) < 4.78 is 0.956. The van der Waals surface area contributed by atoms with Gasteiger partial charge in [0, 0.05) is 15.4 Å². The molecule has 0 bridgehead atoms. The maximum absolute atomic E-state index is 6.27. The van der Waals surface area contributed by atoms with E-state index in [1.54, 1.807) is 0 Å². The van der Waals surface area contributed by atoms with Crippen LogP contribution in [0.3, 0.4) is 0 Å². The highest BCUT2D eigenvalue weighted by Crippen LogP contribution is 2.29. The lowest BCUT2D eigenvalue weighted by atomic mass is 10.1. The Morgan fingerprint density at radius 3 is 2.63 bits per heavy atom. The Morgan fingerprint density at radius 1 is 1.05 bits per heavy atom. The van der Waals surface area contributed by atoms with Gasteiger partial charge in [-0.1, -0.05) is 57.4 Å². The number of hydrogen-bond donors (Lipinski definition) is 0. The zero-order valence-electron chi connectivity index (χ0n) is 10.2. The Hall–Kier alpha value is -1.45. The lowest BCUT2D eigenvalue weighted by molar-refractivity contribution is 1.22. The molecule has 0 N–H and O–H groups in total. The van der Waals surface area contributed by atoms with Crippen molar-refractivity contribution >= 4 is 38.4 Å². The standard InChI is InChI=1S/C15H10BrClN2/c1-9-6-7-13-11(8-9)14(17)19-15(18-13)10-4-2-3-5-12(10)16/h2-8H,1H3. The van der Waals surface area contributed by atoms with Crippen LogP contribution in [0.5, 0.6) is 0 Å². The van der Waals surface area contributed by atoms with Crippen molar-refractivity contribution in [1.82, 2.24) is 9.97 Å². The summed E-state index contributed by atoms with van der Waals surface area (Å²) in [5.74, 6) is 0.633. The van der Waals surface area contributed by atoms with Crippen LogP contribution in [-0.2, 0) is 0 Å². The molecular formula is C15H10BrClN2. The van der Waals surface area contributed by atoms with Gasteiger partial charge in [-0.15, -0.1) is 0 Å². The second-order valence-corrected chi connectivity index (χ2v) is 5.55. The maximum Gasteiger partial charge on any atom is 0.162 e. The van der Waals surface area contributed by atoms with E-state index in [0.29, 0.717) is 11.0 Å². The third kappa shape index (κ3) is 2.36. The third-order valence-electron chi connectivity index (χ3n) is 2.92. The van der Waals surface area contributed by atoms with Gasteiger partial charge in [0.1, 0.15) is 5.15 Å². The molecule has 3 rings (SSSR count). The lowest BCUT2D eigenvalue weighted by Crippen LogP contribution is -1.93. The Morgan fingerprint density at radius 2 is 1.84 bits per heavy atom. The van der Waals surface area contributed by atoms with Crippen LogP contribution in [0.1, 0.15) is 5.56 Å². The van der Waals surface area contributed by atoms with Crippen molar-refractivity contribution in [3.05, 3.63) is 57.7 Å². The van der Waals surface area contributed by atoms with E-state index < -0.39 is 0 Å². The minimum atomic E-state index is 0.486. The van der Waals surface area contributed by atoms with Gasteiger partial charge in [-0.2, -0.15) is 0 Å². The van der Waals surface area contributed by atoms with Gasteiger partial charge in [0.05, 0.1) is 5.52 Å². The van der Waals surface area contributed by atoms with E-state index in [-0.39, 0.29) is 0 Å². The fourth-order valence-electron chi connectivity index (χ4n) is 1.97. The average molecular weight is 334 g/mol. The number of aromatic nitrogens is 2. The SMILES string of the molecule is Cc1ccc2nc(-c3ccccc3Br)nc(Cl)c2c1. The van der Waals surface area contributed by atoms with E-state index in [2.05, 4.69) is 25.9 Å². The molecule has 1 aromatic heterocycles. The van der Waals surface area contributed by atoms with Gasteiger partial charge in [0.2, 0.25) is 0 Å². The molecule has 3 aromatic rings. The van der Waals surface area contributed by atoms with E-state index in [1.807, 2.05) is 49.4 Å². The number of rotatable bonds is 1. The summed E-state index contributed by atoms with van der Waals surface area (Å²) in [7, 11) is 0. The van der Waals surface area contributed by atoms with Crippen LogP contribution in [0, 0.1) is 6.92 Å². The molecule has 0 spiro atoms. The molecule has 94 valence electrons. The van der Waals surface area contributed by atoms with E-state index in [0.717, 1.165) is 26.5 Å². The molecule has 0 radical (unpaired) electrons. The monoisotopic (exact) mass is 332 g/mol. The fourth-order valence-corrected chi connectivity index (χ4v) is 2.66. The van der Waals surface area contributed by atoms with Crippen molar-refractivity contribution in [2.24, 2.45) is 0 Å². The molecule has 0 atom stereocenters. The number of hydrogen-bond acceptors (Lipinski definition) is 2. The Labute approximate surface area is 124 Å². The van der Waals surface area contributed by atoms with E-state index in [1.165, 1.54) is 0 Å². The van der Waals surface area contributed by atoms with Gasteiger partial charge in [0.25, 0.3) is 0 Å². The molecule has 0 aliphatic carbocycles. The van der Waals surface area contributed by atoms with Crippen molar-refractivity contribution in [2.75, 3.05) is 0 Å². The Kier molecular flexibility index (Phi) is 3.25. The number of benzene rings is 2. The first-order valence-electron chi connectivity index (χ1n) is 5.84. The molecule has 1 heterocycles. The molecule has 0 amide bonds. The van der Waals surface area contributed by atoms with Gasteiger partial charge < -0.3 is 0 Å². The zero-order chi connectivity index (χ0) is 13.4. The van der Waals surface area contributed by atoms with E-state index >= 15 is 0 Å². The number of aryl methyl sites for hydroxylation is 1. The second kappa shape index (κ2) is 4.91. The van der Waals surface area contributed by atoms with Crippen LogP contribution in [0.4, 0.5) is 0 Å². The highest BCUT2D eigenvalue weighted by molar-refractivity contribution is 9.10. The summed E-state index contributed by atoms with van der Waals surface area (Å²) in [4.78, 5) is 8.98. The molecule has 0 saturated carbocycles. The summed E-state index contributed by atoms with van der Waals surface area (Å²) in [5.41, 5.74) is 2.94. The first-order chi connectivity index (χ1) is 9.15. The molecule has 0 unspecified atom stereocenters. The van der Waals surface area contributed by atoms with Crippen LogP contribution < -0.4 is 0 Å². The number of halogens is 2. The number of fused-ring (bicyclic) bond motifs is 1. The number of nitrogens with zero attached hydrogens (tertiary/aromatic N) is 2. The summed E-state index contributed by atoms with van der Waals surface area (Å²) in [6.07, 6.45) is 0. The van der Waals surface area contributed by atoms with Gasteiger partial charge in [-0.05, 0) is 25.1 Å². The Bertz CT molecular complexity index is 771. The largest absolute Gasteiger partial charge is 0.228 e. The highest BCUT2D eigenvalue weighted by Gasteiger charge is 2.10. The third-order valence-corrected chi connectivity index (χ3v) is 3.90. The van der Waals surface area contributed by atoms with E-state index in [9.17, 15) is 0 Å². The quantitative estimate of drug-likeness (QED) is 0.584. The van der Waals surface area contributed by atoms with Crippen LogP contribution >= 0.6 is 27.5 Å². The van der Waals surface area contributed by atoms with Crippen LogP contribution in [0.2, 0.25) is 5.15 Å². The molecule has 2 nitrogen and oxygen atoms in total. The fraction of sp³-hybridized carbons (Fsp3) is 0.0667. The molecule has 19 heavy (non-hydrogen) atoms. The van der Waals surface area contributed by atoms with Crippen LogP contribution in [0.15, 0.2) is 46.9 Å². The van der Waals surface area contributed by atoms with Crippen molar-refractivity contribution in [2.45, 2.75) is 6.92 Å². The second-order valence-electron chi connectivity index (χ2n) is 4.34. The maximum atomic E-state index is 6.27. The van der Waals surface area contributed by atoms with Gasteiger partial charge in [-0.25, -0.2) is 9.97 Å². The van der Waals surface area contributed by atoms with Crippen molar-refractivity contribution < 1.29 is 0 Å². The lowest BCUT2D eigenvalue weighted by Gasteiger charge is -2.06. The predicted molar refractivity (Wildman–Crippen MR) is 82.4 cm³/mol. The summed E-state index contributed by atoms with van der Waals surface area (Å²) in [6, 6.07) is 13.8. The first-order valence-corrected chi connectivity index (χ1v) is 7.01. The molecule has 0 aliphatic heterocycles. The van der Waals surface area contributed by atoms with Crippen LogP contribution in [-0.4, -0.2) is 9.97 Å². The topological polar surface area (TPSA) is 25.8 Å². The summed E-state index contributed by atoms with van der Waals surface area (Å²) in [6.45, 7) is 2.03. The molecule has 0 fully saturated rings. The van der Waals surface area contributed by atoms with Crippen molar-refractivity contribution in [3.8, 4) is 11.4 Å². The highest BCUT2D eigenvalue weighted by atomic mass is 79.9. The smallest absolute Gasteiger partial charge is 0.162 e. The molecule has 0 aliphatic rings. The first kappa shape index (κ1) is 12.6. The van der Waals surface area contributed by atoms with Crippen molar-refractivity contribution in [1.29, 1.82) is 0 Å². The normalized spacial score (nSPS) is 10.9. The average Bonchev–Trinajstić information content (AvgIpc) is 2.40. The predicted octanol–water partition coefficient (Wildman–Crippen LogP) is 5.02. The van der Waals surface area contributed by atoms with Gasteiger partial charge in [-0.3, -0.25) is 0 Å². The Balaban J connectivity index is 2.27. The summed E-state index contributed by atoms with van der Waals surface area (Å²) in [5, 5.41) is 1.37. The molecule has 0 saturated heterocycles. The van der Waals surface area contributed by atoms with E-state index in [4.69, 9.17) is 11.6 Å². The minimum absolute atomic E-state index is 0.486. The molecular weight excluding hydrogens is 324 g/mol. The van der Waals surface area contributed by atoms with Gasteiger partial charge in [0.15, 0.2) is 5.82 Å². The molecule has 2 aromatic carbocycles. The molecule has 4 heteroatoms. The van der Waals surface area contributed by atoms with Gasteiger partial charge >= 0.3 is 0 Å². The van der Waals surface area contributed by atoms with Crippen molar-refractivity contribution in [3.63, 3.8) is 0 Å². The zero-order valence-corrected chi connectivity index (χ0v) is 12.5. The minimum Gasteiger partial charge on any atom is -0.228 e.